The van der Waals surface area contributed by atoms with Crippen molar-refractivity contribution in [3.05, 3.63) is 134 Å². The molecule has 1 saturated carbocycles. The number of aryl methyl sites for hydroxylation is 3. The summed E-state index contributed by atoms with van der Waals surface area (Å²) in [7, 11) is 0. The van der Waals surface area contributed by atoms with Crippen LogP contribution in [0.1, 0.15) is 109 Å². The van der Waals surface area contributed by atoms with E-state index in [0.717, 1.165) is 107 Å². The Bertz CT molecular complexity index is 3110. The molecule has 2 saturated heterocycles. The predicted octanol–water partition coefficient (Wildman–Crippen LogP) is 8.08. The fraction of sp³-hybridized carbons (Fsp3) is 0.475. The van der Waals surface area contributed by atoms with Gasteiger partial charge in [-0.25, -0.2) is 4.98 Å². The Kier molecular flexibility index (Phi) is 18.4. The second kappa shape index (κ2) is 25.5. The maximum atomic E-state index is 14.0. The molecular formula is C61H77N9O7S. The van der Waals surface area contributed by atoms with E-state index in [1.807, 2.05) is 83.5 Å². The van der Waals surface area contributed by atoms with Crippen LogP contribution >= 0.6 is 11.3 Å². The van der Waals surface area contributed by atoms with Crippen LogP contribution in [-0.4, -0.2) is 131 Å². The smallest absolute Gasteiger partial charge is 0.253 e. The first-order valence-electron chi connectivity index (χ1n) is 27.8. The minimum absolute atomic E-state index is 0.149. The number of nitrogens with one attached hydrogen (secondary N) is 4. The fourth-order valence-corrected chi connectivity index (χ4v) is 12.1. The van der Waals surface area contributed by atoms with Gasteiger partial charge in [0.1, 0.15) is 18.7 Å². The minimum Gasteiger partial charge on any atom is -0.378 e. The SMILES string of the molecule is Cc1cc(C)c(CNC(=O)c2cc(-c3ccc(CN4CCN(CCOCCOCC(=O)NC(C(=O)N5CCC[C@H]5C(=O)NCc5ccc(-c6scnc6C)cc5)C(C)(C)C)CC4)cc3)cc3c2ccn3C2CCCC2)c(=O)[nH]1. The molecule has 16 nitrogen and oxygen atoms in total. The summed E-state index contributed by atoms with van der Waals surface area (Å²) in [5.74, 6) is -1.06. The Morgan fingerprint density at radius 2 is 1.47 bits per heavy atom. The van der Waals surface area contributed by atoms with E-state index in [0.29, 0.717) is 56.3 Å². The Morgan fingerprint density at radius 1 is 0.769 bits per heavy atom. The van der Waals surface area contributed by atoms with Gasteiger partial charge in [-0.2, -0.15) is 0 Å². The molecule has 0 radical (unpaired) electrons. The second-order valence-corrected chi connectivity index (χ2v) is 23.3. The molecule has 6 aromatic rings. The highest BCUT2D eigenvalue weighted by molar-refractivity contribution is 7.13. The molecule has 4 N–H and O–H groups in total. The number of pyridine rings is 1. The van der Waals surface area contributed by atoms with E-state index in [4.69, 9.17) is 9.47 Å². The van der Waals surface area contributed by atoms with Gasteiger partial charge in [0.2, 0.25) is 17.7 Å². The lowest BCUT2D eigenvalue weighted by molar-refractivity contribution is -0.144. The summed E-state index contributed by atoms with van der Waals surface area (Å²) >= 11 is 1.60. The highest BCUT2D eigenvalue weighted by atomic mass is 32.1. The number of likely N-dealkylation sites (tertiary alicyclic amines) is 1. The molecule has 1 aliphatic carbocycles. The van der Waals surface area contributed by atoms with Crippen LogP contribution in [0.5, 0.6) is 0 Å². The van der Waals surface area contributed by atoms with Gasteiger partial charge in [0.05, 0.1) is 35.9 Å². The van der Waals surface area contributed by atoms with Crippen LogP contribution in [0.2, 0.25) is 0 Å². The number of benzene rings is 3. The van der Waals surface area contributed by atoms with E-state index in [1.54, 1.807) is 16.2 Å². The van der Waals surface area contributed by atoms with Crippen molar-refractivity contribution < 1.29 is 28.7 Å². The molecule has 2 atom stereocenters. The molecule has 0 bridgehead atoms. The van der Waals surface area contributed by atoms with Crippen molar-refractivity contribution in [1.29, 1.82) is 0 Å². The van der Waals surface area contributed by atoms with Crippen molar-refractivity contribution >= 4 is 45.9 Å². The zero-order valence-corrected chi connectivity index (χ0v) is 47.1. The molecule has 3 aliphatic rings. The minimum atomic E-state index is -0.832. The maximum absolute atomic E-state index is 14.0. The number of piperazine rings is 1. The summed E-state index contributed by atoms with van der Waals surface area (Å²) in [6.45, 7) is 18.7. The number of carbonyl (C=O) groups excluding carboxylic acids is 4. The maximum Gasteiger partial charge on any atom is 0.253 e. The van der Waals surface area contributed by atoms with E-state index in [9.17, 15) is 24.0 Å². The number of amides is 4. The normalized spacial score (nSPS) is 16.9. The zero-order valence-electron chi connectivity index (χ0n) is 46.3. The standard InChI is InChI=1S/C61H77N9O7S/c1-40-32-41(2)65-58(73)51(40)36-63-57(72)50-33-47(34-53-49(50)21-23-69(53)48-10-7-8-11-48)45-17-15-44(16-18-45)37-68-26-24-67(25-27-68)28-29-76-30-31-77-38-54(71)66-56(61(4,5)6)60(75)70-22-9-12-52(70)59(74)62-35-43-13-19-46(20-14-43)55-42(3)64-39-78-55/h13-21,23,32-34,39,48,52,56H,7-12,22,24-31,35-38H2,1-6H3,(H,62,74)(H,63,72)(H,65,73)(H,66,71)/t52-,56?/m0/s1. The molecule has 4 amide bonds. The van der Waals surface area contributed by atoms with Crippen molar-refractivity contribution in [3.63, 3.8) is 0 Å². The van der Waals surface area contributed by atoms with E-state index >= 15 is 0 Å². The molecule has 414 valence electrons. The van der Waals surface area contributed by atoms with Crippen LogP contribution < -0.4 is 21.5 Å². The number of fused-ring (bicyclic) bond motifs is 1. The Balaban J connectivity index is 0.684. The van der Waals surface area contributed by atoms with Gasteiger partial charge >= 0.3 is 0 Å². The summed E-state index contributed by atoms with van der Waals surface area (Å²) in [4.78, 5) is 82.2. The first-order chi connectivity index (χ1) is 37.6. The first-order valence-corrected chi connectivity index (χ1v) is 28.7. The molecule has 78 heavy (non-hydrogen) atoms. The molecule has 5 heterocycles. The molecule has 2 aliphatic heterocycles. The van der Waals surface area contributed by atoms with Gasteiger partial charge in [-0.3, -0.25) is 33.8 Å². The number of aromatic nitrogens is 3. The largest absolute Gasteiger partial charge is 0.378 e. The molecule has 3 aromatic heterocycles. The van der Waals surface area contributed by atoms with Crippen LogP contribution in [0.25, 0.3) is 32.5 Å². The quantitative estimate of drug-likeness (QED) is 0.0515. The Hall–Kier alpha value is -6.50. The van der Waals surface area contributed by atoms with E-state index in [1.165, 1.54) is 18.4 Å². The molecule has 9 rings (SSSR count). The predicted molar refractivity (Wildman–Crippen MR) is 306 cm³/mol. The van der Waals surface area contributed by atoms with Gasteiger partial charge in [0.15, 0.2) is 0 Å². The average Bonchev–Trinajstić information content (AvgIpc) is 4.45. The fourth-order valence-electron chi connectivity index (χ4n) is 11.3. The number of aromatic amines is 1. The highest BCUT2D eigenvalue weighted by Gasteiger charge is 2.42. The lowest BCUT2D eigenvalue weighted by Gasteiger charge is -2.35. The number of nitrogens with zero attached hydrogens (tertiary/aromatic N) is 5. The number of hydrogen-bond donors (Lipinski definition) is 4. The second-order valence-electron chi connectivity index (χ2n) is 22.5. The monoisotopic (exact) mass is 1080 g/mol. The van der Waals surface area contributed by atoms with Crippen LogP contribution in [0, 0.1) is 26.2 Å². The first kappa shape index (κ1) is 56.2. The van der Waals surface area contributed by atoms with E-state index < -0.39 is 23.4 Å². The van der Waals surface area contributed by atoms with Crippen molar-refractivity contribution in [3.8, 4) is 21.6 Å². The number of carbonyl (C=O) groups is 4. The summed E-state index contributed by atoms with van der Waals surface area (Å²) < 4.78 is 13.9. The third-order valence-corrected chi connectivity index (χ3v) is 16.7. The van der Waals surface area contributed by atoms with Crippen molar-refractivity contribution in [2.24, 2.45) is 5.41 Å². The van der Waals surface area contributed by atoms with Gasteiger partial charge in [0.25, 0.3) is 11.5 Å². The summed E-state index contributed by atoms with van der Waals surface area (Å²) in [6.07, 6.45) is 8.08. The van der Waals surface area contributed by atoms with Gasteiger partial charge in [-0.05, 0) is 110 Å². The van der Waals surface area contributed by atoms with Crippen molar-refractivity contribution in [2.75, 3.05) is 65.7 Å². The van der Waals surface area contributed by atoms with Crippen LogP contribution in [0.4, 0.5) is 0 Å². The summed E-state index contributed by atoms with van der Waals surface area (Å²) in [5, 5.41) is 9.92. The molecular weight excluding hydrogens is 1000 g/mol. The van der Waals surface area contributed by atoms with Gasteiger partial charge in [-0.15, -0.1) is 11.3 Å². The van der Waals surface area contributed by atoms with E-state index in [2.05, 4.69) is 82.9 Å². The third kappa shape index (κ3) is 13.8. The van der Waals surface area contributed by atoms with Crippen LogP contribution in [0.15, 0.2) is 89.3 Å². The number of hydrogen-bond acceptors (Lipinski definition) is 11. The van der Waals surface area contributed by atoms with Crippen LogP contribution in [0.3, 0.4) is 0 Å². The Morgan fingerprint density at radius 3 is 2.18 bits per heavy atom. The number of thiazole rings is 1. The molecule has 3 aromatic carbocycles. The molecule has 3 fully saturated rings. The zero-order chi connectivity index (χ0) is 54.9. The van der Waals surface area contributed by atoms with Crippen LogP contribution in [-0.2, 0) is 43.5 Å². The molecule has 17 heteroatoms. The third-order valence-electron chi connectivity index (χ3n) is 15.7. The average molecular weight is 1080 g/mol. The number of rotatable bonds is 21. The number of H-pyrrole nitrogens is 1. The molecule has 0 spiro atoms. The van der Waals surface area contributed by atoms with E-state index in [-0.39, 0.29) is 43.0 Å². The van der Waals surface area contributed by atoms with Gasteiger partial charge < -0.3 is 39.9 Å². The van der Waals surface area contributed by atoms with Gasteiger partial charge in [-0.1, -0.05) is 82.1 Å². The molecule has 1 unspecified atom stereocenters. The lowest BCUT2D eigenvalue weighted by Crippen LogP contribution is -2.58. The van der Waals surface area contributed by atoms with Crippen molar-refractivity contribution in [1.82, 2.24) is 45.2 Å². The Labute approximate surface area is 462 Å². The van der Waals surface area contributed by atoms with Crippen molar-refractivity contribution in [2.45, 2.75) is 118 Å². The summed E-state index contributed by atoms with van der Waals surface area (Å²) in [5.41, 5.74) is 11.2. The summed E-state index contributed by atoms with van der Waals surface area (Å²) in [6, 6.07) is 23.9. The topological polar surface area (TPSA) is 183 Å². The van der Waals surface area contributed by atoms with Gasteiger partial charge in [0, 0.05) is 98.9 Å². The number of ether oxygens (including phenoxy) is 2. The highest BCUT2D eigenvalue weighted by Crippen LogP contribution is 2.36. The lowest BCUT2D eigenvalue weighted by atomic mass is 9.85.